The number of nitrogens with zero attached hydrogens (tertiary/aromatic N) is 1. The summed E-state index contributed by atoms with van der Waals surface area (Å²) < 4.78 is 0. The third kappa shape index (κ3) is 3.96. The summed E-state index contributed by atoms with van der Waals surface area (Å²) in [4.78, 5) is 15.7. The third-order valence-corrected chi connectivity index (χ3v) is 4.52. The highest BCUT2D eigenvalue weighted by Gasteiger charge is 2.27. The second-order valence-corrected chi connectivity index (χ2v) is 6.63. The van der Waals surface area contributed by atoms with Gasteiger partial charge in [0.05, 0.1) is 6.04 Å². The highest BCUT2D eigenvalue weighted by atomic mass is 32.1. The number of thiophene rings is 1. The van der Waals surface area contributed by atoms with Crippen LogP contribution in [0.1, 0.15) is 50.4 Å². The first-order valence-electron chi connectivity index (χ1n) is 7.26. The zero-order valence-corrected chi connectivity index (χ0v) is 12.7. The van der Waals surface area contributed by atoms with Crippen LogP contribution in [-0.2, 0) is 0 Å². The average Bonchev–Trinajstić information content (AvgIpc) is 2.80. The van der Waals surface area contributed by atoms with E-state index in [9.17, 15) is 4.79 Å². The molecule has 1 saturated heterocycles. The van der Waals surface area contributed by atoms with Gasteiger partial charge in [-0.05, 0) is 30.2 Å². The van der Waals surface area contributed by atoms with Gasteiger partial charge < -0.3 is 10.2 Å². The van der Waals surface area contributed by atoms with Crippen molar-refractivity contribution in [1.29, 1.82) is 0 Å². The molecule has 1 fully saturated rings. The highest BCUT2D eigenvalue weighted by molar-refractivity contribution is 7.10. The molecule has 0 saturated carbocycles. The lowest BCUT2D eigenvalue weighted by Crippen LogP contribution is -2.43. The van der Waals surface area contributed by atoms with Gasteiger partial charge in [-0.2, -0.15) is 0 Å². The summed E-state index contributed by atoms with van der Waals surface area (Å²) >= 11 is 1.76. The molecule has 1 N–H and O–H groups in total. The van der Waals surface area contributed by atoms with Crippen LogP contribution in [0.25, 0.3) is 0 Å². The largest absolute Gasteiger partial charge is 0.338 e. The van der Waals surface area contributed by atoms with Crippen LogP contribution in [0.3, 0.4) is 0 Å². The summed E-state index contributed by atoms with van der Waals surface area (Å²) in [5.74, 6) is 0.496. The Hall–Kier alpha value is -1.03. The number of rotatable bonds is 3. The molecule has 1 aliphatic heterocycles. The molecule has 1 aliphatic rings. The summed E-state index contributed by atoms with van der Waals surface area (Å²) in [5, 5.41) is 5.16. The molecule has 0 radical (unpaired) electrons. The van der Waals surface area contributed by atoms with E-state index in [-0.39, 0.29) is 12.1 Å². The Morgan fingerprint density at radius 2 is 2.32 bits per heavy atom. The maximum Gasteiger partial charge on any atom is 0.317 e. The highest BCUT2D eigenvalue weighted by Crippen LogP contribution is 2.32. The van der Waals surface area contributed by atoms with Crippen molar-refractivity contribution in [2.45, 2.75) is 45.6 Å². The number of hydrogen-bond donors (Lipinski definition) is 1. The normalized spacial score (nSPS) is 20.4. The van der Waals surface area contributed by atoms with Gasteiger partial charge in [0.1, 0.15) is 0 Å². The SMILES string of the molecule is CC(C)CNC(=O)N1CCCCCC1c1cccs1. The molecule has 3 nitrogen and oxygen atoms in total. The van der Waals surface area contributed by atoms with Crippen LogP contribution in [0.5, 0.6) is 0 Å². The van der Waals surface area contributed by atoms with Crippen molar-refractivity contribution >= 4 is 17.4 Å². The molecule has 1 unspecified atom stereocenters. The summed E-state index contributed by atoms with van der Waals surface area (Å²) in [6, 6.07) is 4.61. The minimum atomic E-state index is 0.106. The first kappa shape index (κ1) is 14.4. The fraction of sp³-hybridized carbons (Fsp3) is 0.667. The number of hydrogen-bond acceptors (Lipinski definition) is 2. The Morgan fingerprint density at radius 3 is 3.00 bits per heavy atom. The van der Waals surface area contributed by atoms with Crippen LogP contribution >= 0.6 is 11.3 Å². The van der Waals surface area contributed by atoms with Gasteiger partial charge in [0.25, 0.3) is 0 Å². The van der Waals surface area contributed by atoms with Gasteiger partial charge >= 0.3 is 6.03 Å². The van der Waals surface area contributed by atoms with Crippen LogP contribution in [0.4, 0.5) is 4.79 Å². The molecule has 2 heterocycles. The summed E-state index contributed by atoms with van der Waals surface area (Å²) in [5.41, 5.74) is 0. The summed E-state index contributed by atoms with van der Waals surface area (Å²) in [7, 11) is 0. The van der Waals surface area contributed by atoms with Gasteiger partial charge in [-0.25, -0.2) is 4.79 Å². The number of carbonyl (C=O) groups excluding carboxylic acids is 1. The fourth-order valence-electron chi connectivity index (χ4n) is 2.52. The first-order chi connectivity index (χ1) is 9.18. The Kier molecular flexibility index (Phi) is 5.25. The molecule has 0 aromatic carbocycles. The van der Waals surface area contributed by atoms with E-state index in [0.29, 0.717) is 5.92 Å². The molecule has 0 spiro atoms. The molecular weight excluding hydrogens is 256 g/mol. The number of carbonyl (C=O) groups is 1. The van der Waals surface area contributed by atoms with E-state index in [1.54, 1.807) is 11.3 Å². The van der Waals surface area contributed by atoms with Crippen LogP contribution < -0.4 is 5.32 Å². The lowest BCUT2D eigenvalue weighted by molar-refractivity contribution is 0.175. The van der Waals surface area contributed by atoms with E-state index < -0.39 is 0 Å². The monoisotopic (exact) mass is 280 g/mol. The molecule has 2 amide bonds. The number of nitrogens with one attached hydrogen (secondary N) is 1. The van der Waals surface area contributed by atoms with Crippen LogP contribution in [0.2, 0.25) is 0 Å². The molecule has 1 aromatic heterocycles. The van der Waals surface area contributed by atoms with Crippen molar-refractivity contribution in [3.05, 3.63) is 22.4 Å². The molecule has 1 atom stereocenters. The molecule has 1 aromatic rings. The lowest BCUT2D eigenvalue weighted by Gasteiger charge is -2.29. The molecule has 2 rings (SSSR count). The van der Waals surface area contributed by atoms with Crippen LogP contribution in [-0.4, -0.2) is 24.0 Å². The van der Waals surface area contributed by atoms with E-state index in [1.807, 2.05) is 4.90 Å². The van der Waals surface area contributed by atoms with Crippen molar-refractivity contribution in [3.63, 3.8) is 0 Å². The molecule has 19 heavy (non-hydrogen) atoms. The van der Waals surface area contributed by atoms with Crippen LogP contribution in [0.15, 0.2) is 17.5 Å². The number of likely N-dealkylation sites (tertiary alicyclic amines) is 1. The molecule has 0 bridgehead atoms. The second kappa shape index (κ2) is 6.94. The first-order valence-corrected chi connectivity index (χ1v) is 8.14. The minimum Gasteiger partial charge on any atom is -0.338 e. The standard InChI is InChI=1S/C15H24N2OS/c1-12(2)11-16-15(18)17-9-5-3-4-7-13(17)14-8-6-10-19-14/h6,8,10,12-13H,3-5,7,9,11H2,1-2H3,(H,16,18). The van der Waals surface area contributed by atoms with Crippen molar-refractivity contribution in [2.75, 3.05) is 13.1 Å². The third-order valence-electron chi connectivity index (χ3n) is 3.55. The Labute approximate surface area is 120 Å². The molecule has 4 heteroatoms. The molecule has 106 valence electrons. The average molecular weight is 280 g/mol. The summed E-state index contributed by atoms with van der Waals surface area (Å²) in [6.45, 7) is 5.89. The van der Waals surface area contributed by atoms with Gasteiger partial charge in [0.2, 0.25) is 0 Å². The van der Waals surface area contributed by atoms with Gasteiger partial charge in [-0.1, -0.05) is 32.8 Å². The van der Waals surface area contributed by atoms with Crippen molar-refractivity contribution in [3.8, 4) is 0 Å². The van der Waals surface area contributed by atoms with Gasteiger partial charge in [-0.3, -0.25) is 0 Å². The minimum absolute atomic E-state index is 0.106. The topological polar surface area (TPSA) is 32.3 Å². The summed E-state index contributed by atoms with van der Waals surface area (Å²) in [6.07, 6.45) is 4.67. The van der Waals surface area contributed by atoms with Gasteiger partial charge in [0, 0.05) is 18.0 Å². The Morgan fingerprint density at radius 1 is 1.47 bits per heavy atom. The maximum absolute atomic E-state index is 12.4. The predicted molar refractivity (Wildman–Crippen MR) is 80.5 cm³/mol. The smallest absolute Gasteiger partial charge is 0.317 e. The zero-order valence-electron chi connectivity index (χ0n) is 11.9. The predicted octanol–water partition coefficient (Wildman–Crippen LogP) is 4.03. The number of amides is 2. The second-order valence-electron chi connectivity index (χ2n) is 5.65. The maximum atomic E-state index is 12.4. The van der Waals surface area contributed by atoms with Gasteiger partial charge in [0.15, 0.2) is 0 Å². The van der Waals surface area contributed by atoms with Crippen molar-refractivity contribution in [2.24, 2.45) is 5.92 Å². The Balaban J connectivity index is 2.06. The Bertz CT molecular complexity index is 389. The zero-order chi connectivity index (χ0) is 13.7. The van der Waals surface area contributed by atoms with Crippen molar-refractivity contribution < 1.29 is 4.79 Å². The van der Waals surface area contributed by atoms with E-state index in [1.165, 1.54) is 17.7 Å². The lowest BCUT2D eigenvalue weighted by atomic mass is 10.1. The fourth-order valence-corrected chi connectivity index (χ4v) is 3.39. The van der Waals surface area contributed by atoms with Gasteiger partial charge in [-0.15, -0.1) is 11.3 Å². The number of urea groups is 1. The quantitative estimate of drug-likeness (QED) is 0.890. The van der Waals surface area contributed by atoms with E-state index in [4.69, 9.17) is 0 Å². The van der Waals surface area contributed by atoms with E-state index in [2.05, 4.69) is 36.7 Å². The van der Waals surface area contributed by atoms with E-state index >= 15 is 0 Å². The van der Waals surface area contributed by atoms with Crippen LogP contribution in [0, 0.1) is 5.92 Å². The molecular formula is C15H24N2OS. The molecule has 0 aliphatic carbocycles. The van der Waals surface area contributed by atoms with E-state index in [0.717, 1.165) is 25.9 Å². The van der Waals surface area contributed by atoms with Crippen molar-refractivity contribution in [1.82, 2.24) is 10.2 Å².